The molecule has 0 radical (unpaired) electrons. The van der Waals surface area contributed by atoms with Gasteiger partial charge in [-0.15, -0.1) is 0 Å². The molecule has 0 bridgehead atoms. The number of nitrogens with two attached hydrogens (primary N) is 1. The Morgan fingerprint density at radius 2 is 1.93 bits per heavy atom. The highest BCUT2D eigenvalue weighted by Gasteiger charge is 2.35. The number of hydrogen-bond acceptors (Lipinski definition) is 4. The van der Waals surface area contributed by atoms with Gasteiger partial charge in [0.15, 0.2) is 0 Å². The number of nitrogen functional groups attached to an aromatic ring is 1. The Hall–Kier alpha value is -2.35. The van der Waals surface area contributed by atoms with Crippen LogP contribution in [-0.2, 0) is 0 Å². The van der Waals surface area contributed by atoms with E-state index in [1.165, 1.54) is 12.1 Å². The zero-order valence-electron chi connectivity index (χ0n) is 7.73. The highest BCUT2D eigenvalue weighted by Crippen LogP contribution is 2.24. The van der Waals surface area contributed by atoms with Gasteiger partial charge in [-0.25, -0.2) is 0 Å². The predicted molar refractivity (Wildman–Crippen MR) is 51.8 cm³/mol. The van der Waals surface area contributed by atoms with Crippen molar-refractivity contribution in [2.24, 2.45) is 0 Å². The highest BCUT2D eigenvalue weighted by molar-refractivity contribution is 6.21. The van der Waals surface area contributed by atoms with E-state index in [4.69, 9.17) is 11.0 Å². The van der Waals surface area contributed by atoms with Crippen molar-refractivity contribution < 1.29 is 9.59 Å². The second-order valence-corrected chi connectivity index (χ2v) is 3.16. The fourth-order valence-electron chi connectivity index (χ4n) is 1.52. The van der Waals surface area contributed by atoms with Crippen LogP contribution in [0, 0.1) is 11.3 Å². The van der Waals surface area contributed by atoms with E-state index in [-0.39, 0.29) is 12.1 Å². The first-order chi connectivity index (χ1) is 7.15. The topological polar surface area (TPSA) is 87.2 Å². The predicted octanol–water partition coefficient (Wildman–Crippen LogP) is 0.388. The lowest BCUT2D eigenvalue weighted by atomic mass is 10.1. The maximum Gasteiger partial charge on any atom is 0.262 e. The Kier molecular flexibility index (Phi) is 1.90. The lowest BCUT2D eigenvalue weighted by Gasteiger charge is -2.06. The summed E-state index contributed by atoms with van der Waals surface area (Å²) < 4.78 is 0. The van der Waals surface area contributed by atoms with Crippen molar-refractivity contribution in [1.29, 1.82) is 5.26 Å². The highest BCUT2D eigenvalue weighted by atomic mass is 16.2. The van der Waals surface area contributed by atoms with Crippen LogP contribution >= 0.6 is 0 Å². The monoisotopic (exact) mass is 201 g/mol. The lowest BCUT2D eigenvalue weighted by molar-refractivity contribution is 0.0674. The van der Waals surface area contributed by atoms with Crippen molar-refractivity contribution in [2.75, 3.05) is 12.3 Å². The Morgan fingerprint density at radius 1 is 1.27 bits per heavy atom. The minimum absolute atomic E-state index is 0.230. The van der Waals surface area contributed by atoms with Gasteiger partial charge in [0.2, 0.25) is 0 Å². The number of nitrogens with zero attached hydrogens (tertiary/aromatic N) is 2. The minimum Gasteiger partial charge on any atom is -0.399 e. The third-order valence-corrected chi connectivity index (χ3v) is 2.22. The van der Waals surface area contributed by atoms with E-state index < -0.39 is 11.8 Å². The van der Waals surface area contributed by atoms with E-state index in [0.717, 1.165) is 4.90 Å². The SMILES string of the molecule is N#CCN1C(=O)c2ccc(N)cc2C1=O. The molecular weight excluding hydrogens is 194 g/mol. The van der Waals surface area contributed by atoms with E-state index in [9.17, 15) is 9.59 Å². The molecule has 0 unspecified atom stereocenters. The van der Waals surface area contributed by atoms with E-state index in [2.05, 4.69) is 0 Å². The van der Waals surface area contributed by atoms with Crippen LogP contribution in [0.5, 0.6) is 0 Å². The van der Waals surface area contributed by atoms with E-state index in [1.54, 1.807) is 12.1 Å². The molecule has 0 aliphatic carbocycles. The summed E-state index contributed by atoms with van der Waals surface area (Å²) in [6, 6.07) is 6.28. The number of benzene rings is 1. The summed E-state index contributed by atoms with van der Waals surface area (Å²) in [5.74, 6) is -0.889. The summed E-state index contributed by atoms with van der Waals surface area (Å²) in [5.41, 5.74) is 6.52. The van der Waals surface area contributed by atoms with Crippen molar-refractivity contribution in [2.45, 2.75) is 0 Å². The molecule has 5 nitrogen and oxygen atoms in total. The molecule has 1 aliphatic heterocycles. The second kappa shape index (κ2) is 3.10. The molecule has 2 N–H and O–H groups in total. The summed E-state index contributed by atoms with van der Waals surface area (Å²) in [7, 11) is 0. The summed E-state index contributed by atoms with van der Waals surface area (Å²) in [4.78, 5) is 24.2. The van der Waals surface area contributed by atoms with Gasteiger partial charge >= 0.3 is 0 Å². The summed E-state index contributed by atoms with van der Waals surface area (Å²) in [6.07, 6.45) is 0. The van der Waals surface area contributed by atoms with Gasteiger partial charge in [0.25, 0.3) is 11.8 Å². The van der Waals surface area contributed by atoms with Crippen molar-refractivity contribution in [3.8, 4) is 6.07 Å². The molecular formula is C10H7N3O2. The van der Waals surface area contributed by atoms with Gasteiger partial charge in [0, 0.05) is 5.69 Å². The first kappa shape index (κ1) is 9.21. The quantitative estimate of drug-likeness (QED) is 0.404. The average Bonchev–Trinajstić information content (AvgIpc) is 2.44. The number of carbonyl (C=O) groups is 2. The molecule has 0 atom stereocenters. The molecule has 1 aliphatic rings. The Morgan fingerprint density at radius 3 is 2.60 bits per heavy atom. The molecule has 74 valence electrons. The summed E-state index contributed by atoms with van der Waals surface area (Å²) in [6.45, 7) is -0.230. The third-order valence-electron chi connectivity index (χ3n) is 2.22. The first-order valence-corrected chi connectivity index (χ1v) is 4.28. The van der Waals surface area contributed by atoms with Gasteiger partial charge in [-0.1, -0.05) is 0 Å². The molecule has 1 aromatic rings. The molecule has 0 spiro atoms. The van der Waals surface area contributed by atoms with Gasteiger partial charge < -0.3 is 5.73 Å². The van der Waals surface area contributed by atoms with Crippen LogP contribution in [0.2, 0.25) is 0 Å². The van der Waals surface area contributed by atoms with Crippen molar-refractivity contribution in [3.05, 3.63) is 29.3 Å². The number of anilines is 1. The average molecular weight is 201 g/mol. The number of carbonyl (C=O) groups excluding carboxylic acids is 2. The molecule has 0 aromatic heterocycles. The number of amides is 2. The zero-order chi connectivity index (χ0) is 11.0. The van der Waals surface area contributed by atoms with Crippen LogP contribution < -0.4 is 5.73 Å². The van der Waals surface area contributed by atoms with Crippen LogP contribution in [0.15, 0.2) is 18.2 Å². The van der Waals surface area contributed by atoms with E-state index in [0.29, 0.717) is 11.3 Å². The van der Waals surface area contributed by atoms with Gasteiger partial charge in [-0.05, 0) is 18.2 Å². The van der Waals surface area contributed by atoms with E-state index >= 15 is 0 Å². The molecule has 0 saturated carbocycles. The molecule has 2 amide bonds. The Labute approximate surface area is 85.7 Å². The summed E-state index contributed by atoms with van der Waals surface area (Å²) >= 11 is 0. The molecule has 15 heavy (non-hydrogen) atoms. The maximum atomic E-state index is 11.6. The normalized spacial score (nSPS) is 13.9. The lowest BCUT2D eigenvalue weighted by Crippen LogP contribution is -2.29. The van der Waals surface area contributed by atoms with Crippen LogP contribution in [0.3, 0.4) is 0 Å². The fourth-order valence-corrected chi connectivity index (χ4v) is 1.52. The van der Waals surface area contributed by atoms with Gasteiger partial charge in [-0.2, -0.15) is 5.26 Å². The molecule has 1 aromatic carbocycles. The smallest absolute Gasteiger partial charge is 0.262 e. The number of hydrogen-bond donors (Lipinski definition) is 1. The Balaban J connectivity index is 2.52. The van der Waals surface area contributed by atoms with Crippen molar-refractivity contribution >= 4 is 17.5 Å². The van der Waals surface area contributed by atoms with E-state index in [1.807, 2.05) is 0 Å². The third kappa shape index (κ3) is 1.23. The standard InChI is InChI=1S/C10H7N3O2/c11-3-4-13-9(14)7-2-1-6(12)5-8(7)10(13)15/h1-2,5H,4,12H2. The maximum absolute atomic E-state index is 11.6. The number of imide groups is 1. The largest absolute Gasteiger partial charge is 0.399 e. The summed E-state index contributed by atoms with van der Waals surface area (Å²) in [5, 5.41) is 8.48. The molecule has 5 heteroatoms. The number of rotatable bonds is 1. The fraction of sp³-hybridized carbons (Fsp3) is 0.100. The Bertz CT molecular complexity index is 502. The molecule has 0 fully saturated rings. The number of nitriles is 1. The van der Waals surface area contributed by atoms with Crippen LogP contribution in [-0.4, -0.2) is 23.3 Å². The van der Waals surface area contributed by atoms with Crippen LogP contribution in [0.25, 0.3) is 0 Å². The molecule has 0 saturated heterocycles. The minimum atomic E-state index is -0.455. The van der Waals surface area contributed by atoms with Crippen LogP contribution in [0.1, 0.15) is 20.7 Å². The first-order valence-electron chi connectivity index (χ1n) is 4.28. The molecule has 2 rings (SSSR count). The second-order valence-electron chi connectivity index (χ2n) is 3.16. The van der Waals surface area contributed by atoms with Gasteiger partial charge in [0.05, 0.1) is 17.2 Å². The number of fused-ring (bicyclic) bond motifs is 1. The van der Waals surface area contributed by atoms with Crippen molar-refractivity contribution in [1.82, 2.24) is 4.90 Å². The van der Waals surface area contributed by atoms with Crippen molar-refractivity contribution in [3.63, 3.8) is 0 Å². The van der Waals surface area contributed by atoms with Gasteiger partial charge in [-0.3, -0.25) is 14.5 Å². The zero-order valence-corrected chi connectivity index (χ0v) is 7.73. The van der Waals surface area contributed by atoms with Gasteiger partial charge in [0.1, 0.15) is 6.54 Å². The molecule has 1 heterocycles. The van der Waals surface area contributed by atoms with Crippen LogP contribution in [0.4, 0.5) is 5.69 Å².